The molecule has 2 aliphatic rings. The third-order valence-corrected chi connectivity index (χ3v) is 7.95. The van der Waals surface area contributed by atoms with Crippen molar-refractivity contribution in [3.05, 3.63) is 93.5 Å². The van der Waals surface area contributed by atoms with Gasteiger partial charge in [-0.25, -0.2) is 0 Å². The quantitative estimate of drug-likeness (QED) is 0.394. The van der Waals surface area contributed by atoms with E-state index in [1.165, 1.54) is 33.7 Å². The molecule has 0 N–H and O–H groups in total. The standard InChI is InChI=1S/C24H15Cl2F3N2O2S/c25-18-9-8-16(11-19(18)26)31-21(32)13-34-23(31)17-6-1-2-7-20(17)30(22(23)33)12-14-4-3-5-15(10-14)24(27,28)29/h1-11H,12-13H2/t23-/m1/s1. The molecule has 3 aromatic rings. The molecule has 5 rings (SSSR count). The minimum absolute atomic E-state index is 0.0533. The molecule has 1 fully saturated rings. The van der Waals surface area contributed by atoms with Gasteiger partial charge in [-0.2, -0.15) is 13.2 Å². The molecule has 0 saturated carbocycles. The summed E-state index contributed by atoms with van der Waals surface area (Å²) in [7, 11) is 0. The number of anilines is 2. The number of hydrogen-bond acceptors (Lipinski definition) is 3. The van der Waals surface area contributed by atoms with Crippen LogP contribution in [0.2, 0.25) is 10.0 Å². The Kier molecular flexibility index (Phi) is 5.58. The Morgan fingerprint density at radius 1 is 0.941 bits per heavy atom. The van der Waals surface area contributed by atoms with Gasteiger partial charge in [-0.3, -0.25) is 14.5 Å². The van der Waals surface area contributed by atoms with Gasteiger partial charge in [0.15, 0.2) is 0 Å². The summed E-state index contributed by atoms with van der Waals surface area (Å²) in [4.78, 5) is 28.5. The van der Waals surface area contributed by atoms with E-state index in [9.17, 15) is 22.8 Å². The molecular formula is C24H15Cl2F3N2O2S. The first-order valence-corrected chi connectivity index (χ1v) is 11.9. The van der Waals surface area contributed by atoms with Crippen LogP contribution in [0.3, 0.4) is 0 Å². The molecule has 4 nitrogen and oxygen atoms in total. The molecule has 0 radical (unpaired) electrons. The third kappa shape index (κ3) is 3.56. The number of alkyl halides is 3. The van der Waals surface area contributed by atoms with Crippen LogP contribution in [-0.2, 0) is 27.2 Å². The molecule has 34 heavy (non-hydrogen) atoms. The van der Waals surface area contributed by atoms with Crippen molar-refractivity contribution in [3.8, 4) is 0 Å². The Morgan fingerprint density at radius 3 is 2.44 bits per heavy atom. The van der Waals surface area contributed by atoms with E-state index in [-0.39, 0.29) is 23.2 Å². The average Bonchev–Trinajstić information content (AvgIpc) is 3.26. The number of carbonyl (C=O) groups is 2. The summed E-state index contributed by atoms with van der Waals surface area (Å²) < 4.78 is 39.7. The highest BCUT2D eigenvalue weighted by molar-refractivity contribution is 8.02. The highest BCUT2D eigenvalue weighted by Crippen LogP contribution is 2.56. The van der Waals surface area contributed by atoms with Crippen LogP contribution < -0.4 is 9.80 Å². The Labute approximate surface area is 207 Å². The first-order valence-electron chi connectivity index (χ1n) is 10.1. The van der Waals surface area contributed by atoms with Crippen LogP contribution in [0.5, 0.6) is 0 Å². The second-order valence-electron chi connectivity index (χ2n) is 7.87. The van der Waals surface area contributed by atoms with Gasteiger partial charge in [0.2, 0.25) is 10.8 Å². The van der Waals surface area contributed by atoms with Crippen LogP contribution in [0.1, 0.15) is 16.7 Å². The smallest absolute Gasteiger partial charge is 0.304 e. The van der Waals surface area contributed by atoms with Crippen LogP contribution >= 0.6 is 35.0 Å². The molecule has 2 aliphatic heterocycles. The second kappa shape index (κ2) is 8.22. The first-order chi connectivity index (χ1) is 16.1. The van der Waals surface area contributed by atoms with Gasteiger partial charge in [0.25, 0.3) is 5.91 Å². The Bertz CT molecular complexity index is 1330. The number of halogens is 5. The molecular weight excluding hydrogens is 508 g/mol. The lowest BCUT2D eigenvalue weighted by Crippen LogP contribution is -2.49. The molecule has 174 valence electrons. The normalized spacial score (nSPS) is 19.9. The second-order valence-corrected chi connectivity index (χ2v) is 9.85. The number of para-hydroxylation sites is 1. The zero-order chi connectivity index (χ0) is 24.3. The first kappa shape index (κ1) is 23.1. The lowest BCUT2D eigenvalue weighted by atomic mass is 10.0. The summed E-state index contributed by atoms with van der Waals surface area (Å²) in [6, 6.07) is 16.6. The molecule has 0 aliphatic carbocycles. The summed E-state index contributed by atoms with van der Waals surface area (Å²) in [6.45, 7) is -0.0779. The summed E-state index contributed by atoms with van der Waals surface area (Å²) in [5, 5.41) is 0.543. The van der Waals surface area contributed by atoms with Gasteiger partial charge in [0.05, 0.1) is 33.6 Å². The van der Waals surface area contributed by atoms with Gasteiger partial charge in [0.1, 0.15) is 0 Å². The summed E-state index contributed by atoms with van der Waals surface area (Å²) in [5.74, 6) is -0.641. The van der Waals surface area contributed by atoms with Crippen molar-refractivity contribution >= 4 is 58.2 Å². The fraction of sp³-hybridized carbons (Fsp3) is 0.167. The van der Waals surface area contributed by atoms with Crippen LogP contribution in [-0.4, -0.2) is 17.6 Å². The molecule has 1 saturated heterocycles. The maximum atomic E-state index is 14.0. The number of nitrogens with zero attached hydrogens (tertiary/aromatic N) is 2. The van der Waals surface area contributed by atoms with Crippen molar-refractivity contribution in [1.29, 1.82) is 0 Å². The number of benzene rings is 3. The van der Waals surface area contributed by atoms with Crippen LogP contribution in [0.4, 0.5) is 24.5 Å². The van der Waals surface area contributed by atoms with Gasteiger partial charge >= 0.3 is 6.18 Å². The molecule has 2 amide bonds. The SMILES string of the molecule is O=C1CS[C@]2(C(=O)N(Cc3cccc(C(F)(F)F)c3)c3ccccc32)N1c1ccc(Cl)c(Cl)c1. The predicted molar refractivity (Wildman–Crippen MR) is 127 cm³/mol. The van der Waals surface area contributed by atoms with Crippen molar-refractivity contribution in [1.82, 2.24) is 0 Å². The maximum Gasteiger partial charge on any atom is 0.416 e. The zero-order valence-corrected chi connectivity index (χ0v) is 19.6. The zero-order valence-electron chi connectivity index (χ0n) is 17.3. The van der Waals surface area contributed by atoms with E-state index in [1.54, 1.807) is 42.5 Å². The van der Waals surface area contributed by atoms with E-state index in [2.05, 4.69) is 0 Å². The van der Waals surface area contributed by atoms with Gasteiger partial charge in [-0.05, 0) is 42.0 Å². The third-order valence-electron chi connectivity index (χ3n) is 5.82. The minimum Gasteiger partial charge on any atom is -0.304 e. The molecule has 0 unspecified atom stereocenters. The Morgan fingerprint density at radius 2 is 1.71 bits per heavy atom. The molecule has 2 heterocycles. The molecule has 0 bridgehead atoms. The summed E-state index contributed by atoms with van der Waals surface area (Å²) >= 11 is 13.4. The van der Waals surface area contributed by atoms with Crippen molar-refractivity contribution in [2.24, 2.45) is 0 Å². The van der Waals surface area contributed by atoms with Gasteiger partial charge < -0.3 is 4.90 Å². The van der Waals surface area contributed by atoms with Gasteiger partial charge in [0, 0.05) is 11.3 Å². The van der Waals surface area contributed by atoms with Crippen LogP contribution in [0, 0.1) is 0 Å². The monoisotopic (exact) mass is 522 g/mol. The van der Waals surface area contributed by atoms with E-state index >= 15 is 0 Å². The number of carbonyl (C=O) groups excluding carboxylic acids is 2. The van der Waals surface area contributed by atoms with E-state index in [0.29, 0.717) is 27.5 Å². The van der Waals surface area contributed by atoms with E-state index in [1.807, 2.05) is 0 Å². The van der Waals surface area contributed by atoms with Crippen molar-refractivity contribution < 1.29 is 22.8 Å². The molecule has 3 aromatic carbocycles. The highest BCUT2D eigenvalue weighted by Gasteiger charge is 2.61. The number of rotatable bonds is 3. The topological polar surface area (TPSA) is 40.6 Å². The largest absolute Gasteiger partial charge is 0.416 e. The van der Waals surface area contributed by atoms with Crippen molar-refractivity contribution in [2.45, 2.75) is 17.6 Å². The number of amides is 2. The molecule has 1 atom stereocenters. The fourth-order valence-electron chi connectivity index (χ4n) is 4.37. The lowest BCUT2D eigenvalue weighted by molar-refractivity contribution is -0.137. The van der Waals surface area contributed by atoms with E-state index in [4.69, 9.17) is 23.2 Å². The fourth-order valence-corrected chi connectivity index (χ4v) is 6.02. The van der Waals surface area contributed by atoms with E-state index < -0.39 is 22.5 Å². The van der Waals surface area contributed by atoms with Gasteiger partial charge in [-0.1, -0.05) is 53.5 Å². The Balaban J connectivity index is 1.61. The van der Waals surface area contributed by atoms with Gasteiger partial charge in [-0.15, -0.1) is 11.8 Å². The summed E-state index contributed by atoms with van der Waals surface area (Å²) in [5.41, 5.74) is 1.08. The number of hydrogen-bond donors (Lipinski definition) is 0. The van der Waals surface area contributed by atoms with Crippen LogP contribution in [0.15, 0.2) is 66.7 Å². The molecule has 1 spiro atoms. The minimum atomic E-state index is -4.50. The Hall–Kier alpha value is -2.68. The van der Waals surface area contributed by atoms with Crippen LogP contribution in [0.25, 0.3) is 0 Å². The lowest BCUT2D eigenvalue weighted by Gasteiger charge is -2.33. The average molecular weight is 523 g/mol. The predicted octanol–water partition coefficient (Wildman–Crippen LogP) is 6.49. The maximum absolute atomic E-state index is 14.0. The van der Waals surface area contributed by atoms with Crippen molar-refractivity contribution in [3.63, 3.8) is 0 Å². The molecule has 0 aromatic heterocycles. The van der Waals surface area contributed by atoms with E-state index in [0.717, 1.165) is 12.1 Å². The summed E-state index contributed by atoms with van der Waals surface area (Å²) in [6.07, 6.45) is -4.50. The number of thioether (sulfide) groups is 1. The molecule has 10 heteroatoms. The number of fused-ring (bicyclic) bond motifs is 2. The highest BCUT2D eigenvalue weighted by atomic mass is 35.5. The van der Waals surface area contributed by atoms with Crippen molar-refractivity contribution in [2.75, 3.05) is 15.6 Å².